The summed E-state index contributed by atoms with van der Waals surface area (Å²) < 4.78 is 80.9. The van der Waals surface area contributed by atoms with Gasteiger partial charge >= 0.3 is 12.3 Å². The molecule has 15 heteroatoms. The van der Waals surface area contributed by atoms with Gasteiger partial charge in [0.25, 0.3) is 5.91 Å². The summed E-state index contributed by atoms with van der Waals surface area (Å²) in [6.45, 7) is 10.6. The standard InChI is InChI=1S/C38H44F4N6O4S/c1-35(2,3)52-34(50)44-21-25-9-7-11-28(19-25)48-23-29(32(46-48)38(40,41)42)33(49)45-31-20-26(14-15-30(31)39)37(17-16-24-12-13-24,27-10-8-18-43-22-27)47-53(51)36(4,5)6/h7-11,14-15,18-20,22-24,47H,12-13,16-17,21H2,1-6H3,(H,44,50)(H,45,49)/t37-,53?/m0/s1. The number of benzene rings is 2. The number of halogens is 4. The Labute approximate surface area is 309 Å². The number of hydrogen-bond acceptors (Lipinski definition) is 7. The van der Waals surface area contributed by atoms with Gasteiger partial charge in [-0.2, -0.15) is 18.3 Å². The predicted octanol–water partition coefficient (Wildman–Crippen LogP) is 8.19. The van der Waals surface area contributed by atoms with Gasteiger partial charge in [0, 0.05) is 36.5 Å². The average molecular weight is 757 g/mol. The second-order valence-electron chi connectivity index (χ2n) is 15.1. The molecule has 0 spiro atoms. The minimum absolute atomic E-state index is 0.0124. The van der Waals surface area contributed by atoms with Crippen LogP contribution >= 0.6 is 0 Å². The third-order valence-electron chi connectivity index (χ3n) is 8.55. The van der Waals surface area contributed by atoms with Crippen molar-refractivity contribution in [3.8, 4) is 5.69 Å². The number of ether oxygens (including phenoxy) is 1. The molecule has 0 saturated heterocycles. The number of aromatic nitrogens is 3. The van der Waals surface area contributed by atoms with E-state index in [-0.39, 0.29) is 17.9 Å². The molecule has 53 heavy (non-hydrogen) atoms. The monoisotopic (exact) mass is 756 g/mol. The highest BCUT2D eigenvalue weighted by atomic mass is 32.2. The summed E-state index contributed by atoms with van der Waals surface area (Å²) in [5.74, 6) is -1.65. The van der Waals surface area contributed by atoms with E-state index in [9.17, 15) is 27.3 Å². The first-order chi connectivity index (χ1) is 24.7. The van der Waals surface area contributed by atoms with Crippen molar-refractivity contribution in [2.75, 3.05) is 5.32 Å². The first-order valence-electron chi connectivity index (χ1n) is 17.2. The van der Waals surface area contributed by atoms with E-state index in [2.05, 4.69) is 25.4 Å². The molecular formula is C38H44F4N6O4S. The Morgan fingerprint density at radius 3 is 2.36 bits per heavy atom. The van der Waals surface area contributed by atoms with Gasteiger partial charge in [-0.1, -0.05) is 37.1 Å². The highest BCUT2D eigenvalue weighted by Gasteiger charge is 2.44. The number of nitrogens with one attached hydrogen (secondary N) is 3. The van der Waals surface area contributed by atoms with Gasteiger partial charge in [-0.3, -0.25) is 9.78 Å². The number of nitrogens with zero attached hydrogens (tertiary/aromatic N) is 3. The van der Waals surface area contributed by atoms with Crippen LogP contribution in [0.3, 0.4) is 0 Å². The lowest BCUT2D eigenvalue weighted by molar-refractivity contribution is -0.141. The van der Waals surface area contributed by atoms with Crippen LogP contribution in [0.4, 0.5) is 28.0 Å². The van der Waals surface area contributed by atoms with Crippen molar-refractivity contribution >= 4 is 29.0 Å². The largest absolute Gasteiger partial charge is 0.598 e. The quantitative estimate of drug-likeness (QED) is 0.0981. The molecule has 0 radical (unpaired) electrons. The van der Waals surface area contributed by atoms with Crippen molar-refractivity contribution in [1.82, 2.24) is 24.8 Å². The Bertz CT molecular complexity index is 1920. The summed E-state index contributed by atoms with van der Waals surface area (Å²) in [7, 11) is 0. The summed E-state index contributed by atoms with van der Waals surface area (Å²) in [6.07, 6.45) is 1.77. The number of carbonyl (C=O) groups excluding carboxylic acids is 2. The van der Waals surface area contributed by atoms with Gasteiger partial charge < -0.3 is 19.9 Å². The molecule has 1 unspecified atom stereocenters. The number of carbonyl (C=O) groups is 2. The molecule has 2 heterocycles. The lowest BCUT2D eigenvalue weighted by Gasteiger charge is -2.38. The molecule has 10 nitrogen and oxygen atoms in total. The van der Waals surface area contributed by atoms with Crippen molar-refractivity contribution in [1.29, 1.82) is 0 Å². The Kier molecular flexibility index (Phi) is 11.6. The first-order valence-corrected chi connectivity index (χ1v) is 18.3. The van der Waals surface area contributed by atoms with Gasteiger partial charge in [-0.05, 0) is 107 Å². The van der Waals surface area contributed by atoms with Crippen LogP contribution in [0, 0.1) is 11.7 Å². The minimum Gasteiger partial charge on any atom is -0.598 e. The van der Waals surface area contributed by atoms with Crippen LogP contribution in [0.15, 0.2) is 73.2 Å². The number of alkyl carbamates (subject to hydrolysis) is 1. The average Bonchev–Trinajstić information content (AvgIpc) is 3.79. The van der Waals surface area contributed by atoms with Gasteiger partial charge in [-0.25, -0.2) is 13.9 Å². The third kappa shape index (κ3) is 10.1. The molecule has 1 aliphatic carbocycles. The lowest BCUT2D eigenvalue weighted by Crippen LogP contribution is -2.52. The van der Waals surface area contributed by atoms with Gasteiger partial charge in [0.05, 0.1) is 16.9 Å². The fourth-order valence-electron chi connectivity index (χ4n) is 5.63. The number of rotatable bonds is 12. The smallest absolute Gasteiger partial charge is 0.435 e. The van der Waals surface area contributed by atoms with E-state index in [1.165, 1.54) is 24.3 Å². The molecule has 284 valence electrons. The fraction of sp³-hybridized carbons (Fsp3) is 0.421. The molecule has 0 aliphatic heterocycles. The van der Waals surface area contributed by atoms with E-state index in [4.69, 9.17) is 4.74 Å². The minimum atomic E-state index is -5.03. The van der Waals surface area contributed by atoms with E-state index in [1.54, 1.807) is 51.4 Å². The van der Waals surface area contributed by atoms with Crippen LogP contribution in [0.5, 0.6) is 0 Å². The van der Waals surface area contributed by atoms with Crippen molar-refractivity contribution in [2.45, 2.75) is 95.8 Å². The van der Waals surface area contributed by atoms with E-state index >= 15 is 4.39 Å². The van der Waals surface area contributed by atoms with E-state index in [1.807, 2.05) is 26.8 Å². The molecule has 2 amide bonds. The zero-order valence-electron chi connectivity index (χ0n) is 30.4. The molecule has 2 aromatic carbocycles. The molecule has 1 saturated carbocycles. The maximum Gasteiger partial charge on any atom is 0.435 e. The van der Waals surface area contributed by atoms with Gasteiger partial charge in [0.1, 0.15) is 21.7 Å². The zero-order chi connectivity index (χ0) is 38.8. The number of hydrogen-bond donors (Lipinski definition) is 3. The second-order valence-corrected chi connectivity index (χ2v) is 17.1. The van der Waals surface area contributed by atoms with Crippen LogP contribution in [-0.2, 0) is 34.4 Å². The summed E-state index contributed by atoms with van der Waals surface area (Å²) in [4.78, 5) is 30.0. The van der Waals surface area contributed by atoms with Crippen molar-refractivity contribution < 1.29 is 36.4 Å². The number of amides is 2. The van der Waals surface area contributed by atoms with Crippen molar-refractivity contribution in [3.63, 3.8) is 0 Å². The van der Waals surface area contributed by atoms with Crippen LogP contribution in [0.2, 0.25) is 0 Å². The molecule has 3 N–H and O–H groups in total. The van der Waals surface area contributed by atoms with Crippen LogP contribution in [0.1, 0.15) is 100.0 Å². The van der Waals surface area contributed by atoms with Crippen LogP contribution in [-0.4, -0.2) is 41.7 Å². The SMILES string of the molecule is CC(C)(C)OC(=O)NCc1cccc(-n2cc(C(=O)Nc3cc([C@](CCC4CC4)(N[S+]([O-])C(C)(C)C)c4cccnc4)ccc3F)c(C(F)(F)F)n2)c1. The maximum atomic E-state index is 15.5. The molecule has 2 atom stereocenters. The van der Waals surface area contributed by atoms with Gasteiger partial charge in [0.2, 0.25) is 0 Å². The molecule has 1 fully saturated rings. The number of pyridine rings is 1. The Morgan fingerprint density at radius 1 is 1.00 bits per heavy atom. The summed E-state index contributed by atoms with van der Waals surface area (Å²) in [6, 6.07) is 13.8. The van der Waals surface area contributed by atoms with E-state index in [0.29, 0.717) is 29.0 Å². The predicted molar refractivity (Wildman–Crippen MR) is 194 cm³/mol. The van der Waals surface area contributed by atoms with Gasteiger partial charge in [-0.15, -0.1) is 4.72 Å². The fourth-order valence-corrected chi connectivity index (χ4v) is 6.59. The van der Waals surface area contributed by atoms with Crippen molar-refractivity contribution in [2.24, 2.45) is 5.92 Å². The topological polar surface area (TPSA) is 133 Å². The summed E-state index contributed by atoms with van der Waals surface area (Å²) >= 11 is -1.61. The summed E-state index contributed by atoms with van der Waals surface area (Å²) in [5, 5.41) is 8.63. The first kappa shape index (κ1) is 39.7. The highest BCUT2D eigenvalue weighted by Crippen LogP contribution is 2.43. The zero-order valence-corrected chi connectivity index (χ0v) is 31.3. The molecule has 0 bridgehead atoms. The Morgan fingerprint density at radius 2 is 1.74 bits per heavy atom. The molecule has 4 aromatic rings. The van der Waals surface area contributed by atoms with Crippen LogP contribution < -0.4 is 15.4 Å². The van der Waals surface area contributed by atoms with E-state index < -0.39 is 62.5 Å². The van der Waals surface area contributed by atoms with Crippen LogP contribution in [0.25, 0.3) is 5.69 Å². The molecular weight excluding hydrogens is 713 g/mol. The number of anilines is 1. The Balaban J connectivity index is 1.48. The van der Waals surface area contributed by atoms with E-state index in [0.717, 1.165) is 36.2 Å². The second kappa shape index (κ2) is 15.5. The molecule has 2 aromatic heterocycles. The van der Waals surface area contributed by atoms with Crippen molar-refractivity contribution in [3.05, 3.63) is 107 Å². The molecule has 5 rings (SSSR count). The normalized spacial score (nSPS) is 15.4. The van der Waals surface area contributed by atoms with Gasteiger partial charge in [0.15, 0.2) is 5.69 Å². The lowest BCUT2D eigenvalue weighted by atomic mass is 9.80. The maximum absolute atomic E-state index is 15.5. The number of alkyl halides is 3. The summed E-state index contributed by atoms with van der Waals surface area (Å²) in [5.41, 5.74) is -2.73. The Hall–Kier alpha value is -4.47. The third-order valence-corrected chi connectivity index (χ3v) is 10.2. The molecule has 1 aliphatic rings. The highest BCUT2D eigenvalue weighted by molar-refractivity contribution is 7.90.